The number of nitrogens with zero attached hydrogens (tertiary/aromatic N) is 1. The number of amides is 2. The topological polar surface area (TPSA) is 103 Å². The quantitative estimate of drug-likeness (QED) is 0.746. The number of hydrogen-bond donors (Lipinski definition) is 3. The summed E-state index contributed by atoms with van der Waals surface area (Å²) < 4.78 is 2.10. The lowest BCUT2D eigenvalue weighted by molar-refractivity contribution is 0.0999. The first-order valence-electron chi connectivity index (χ1n) is 6.64. The van der Waals surface area contributed by atoms with E-state index in [0.29, 0.717) is 12.2 Å². The Balaban J connectivity index is 2.23. The van der Waals surface area contributed by atoms with Gasteiger partial charge >= 0.3 is 0 Å². The number of carbonyl (C=O) groups excluding carboxylic acids is 2. The summed E-state index contributed by atoms with van der Waals surface area (Å²) in [5.41, 5.74) is 12.8. The van der Waals surface area contributed by atoms with Crippen LogP contribution in [0.1, 0.15) is 33.3 Å². The summed E-state index contributed by atoms with van der Waals surface area (Å²) in [6.07, 6.45) is 1.99. The Hall–Kier alpha value is -2.76. The minimum absolute atomic E-state index is 0.250. The second-order valence-corrected chi connectivity index (χ2v) is 4.67. The lowest BCUT2D eigenvalue weighted by Crippen LogP contribution is -2.16. The molecule has 0 aliphatic rings. The smallest absolute Gasteiger partial charge is 0.248 e. The van der Waals surface area contributed by atoms with Gasteiger partial charge in [0.2, 0.25) is 11.8 Å². The van der Waals surface area contributed by atoms with Crippen molar-refractivity contribution in [1.82, 2.24) is 4.57 Å². The van der Waals surface area contributed by atoms with Gasteiger partial charge in [0.15, 0.2) is 0 Å². The number of nitrogens with one attached hydrogen (secondary N) is 1. The third-order valence-corrected chi connectivity index (χ3v) is 3.24. The van der Waals surface area contributed by atoms with E-state index < -0.39 is 11.8 Å². The Bertz CT molecular complexity index is 644. The second kappa shape index (κ2) is 6.13. The van der Waals surface area contributed by atoms with Gasteiger partial charge in [-0.3, -0.25) is 9.59 Å². The summed E-state index contributed by atoms with van der Waals surface area (Å²) in [6.45, 7) is 3.50. The zero-order chi connectivity index (χ0) is 15.4. The fourth-order valence-corrected chi connectivity index (χ4v) is 2.13. The summed E-state index contributed by atoms with van der Waals surface area (Å²) in [7, 11) is 0. The molecule has 0 saturated carbocycles. The molecule has 0 fully saturated rings. The average molecular weight is 286 g/mol. The molecule has 2 amide bonds. The van der Waals surface area contributed by atoms with Gasteiger partial charge in [0.05, 0.1) is 6.54 Å². The Labute approximate surface area is 122 Å². The van der Waals surface area contributed by atoms with Gasteiger partial charge in [-0.2, -0.15) is 0 Å². The maximum absolute atomic E-state index is 11.3. The lowest BCUT2D eigenvalue weighted by Gasteiger charge is -2.11. The molecule has 1 heterocycles. The molecule has 0 aliphatic carbocycles. The Morgan fingerprint density at radius 1 is 1.14 bits per heavy atom. The van der Waals surface area contributed by atoms with Crippen molar-refractivity contribution >= 4 is 17.5 Å². The highest BCUT2D eigenvalue weighted by Gasteiger charge is 2.09. The molecule has 0 unspecified atom stereocenters. The maximum atomic E-state index is 11.3. The largest absolute Gasteiger partial charge is 0.379 e. The summed E-state index contributed by atoms with van der Waals surface area (Å²) in [6, 6.07) is 8.57. The van der Waals surface area contributed by atoms with E-state index >= 15 is 0 Å². The SMILES string of the molecule is CCn1cccc1CNc1cc(C(N)=O)cc(C(N)=O)c1. The summed E-state index contributed by atoms with van der Waals surface area (Å²) >= 11 is 0. The molecule has 5 N–H and O–H groups in total. The van der Waals surface area contributed by atoms with Crippen LogP contribution in [0.5, 0.6) is 0 Å². The van der Waals surface area contributed by atoms with Crippen molar-refractivity contribution in [1.29, 1.82) is 0 Å². The van der Waals surface area contributed by atoms with Crippen LogP contribution in [0, 0.1) is 0 Å². The van der Waals surface area contributed by atoms with Crippen LogP contribution < -0.4 is 16.8 Å². The number of rotatable bonds is 6. The van der Waals surface area contributed by atoms with Crippen molar-refractivity contribution in [2.24, 2.45) is 11.5 Å². The third-order valence-electron chi connectivity index (χ3n) is 3.24. The van der Waals surface area contributed by atoms with E-state index in [4.69, 9.17) is 11.5 Å². The van der Waals surface area contributed by atoms with Crippen LogP contribution in [-0.4, -0.2) is 16.4 Å². The number of anilines is 1. The predicted octanol–water partition coefficient (Wildman–Crippen LogP) is 1.32. The van der Waals surface area contributed by atoms with E-state index in [2.05, 4.69) is 16.8 Å². The molecule has 2 rings (SSSR count). The Morgan fingerprint density at radius 2 is 1.76 bits per heavy atom. The zero-order valence-corrected chi connectivity index (χ0v) is 11.8. The predicted molar refractivity (Wildman–Crippen MR) is 80.9 cm³/mol. The van der Waals surface area contributed by atoms with Crippen LogP contribution in [0.4, 0.5) is 5.69 Å². The molecule has 0 spiro atoms. The number of primary amides is 2. The van der Waals surface area contributed by atoms with Gasteiger partial charge in [-0.1, -0.05) is 0 Å². The van der Waals surface area contributed by atoms with Crippen LogP contribution in [-0.2, 0) is 13.1 Å². The normalized spacial score (nSPS) is 10.3. The van der Waals surface area contributed by atoms with Crippen LogP contribution in [0.15, 0.2) is 36.5 Å². The van der Waals surface area contributed by atoms with Crippen molar-refractivity contribution in [2.75, 3.05) is 5.32 Å². The highest BCUT2D eigenvalue weighted by Crippen LogP contribution is 2.16. The standard InChI is InChI=1S/C15H18N4O2/c1-2-19-5-3-4-13(19)9-18-12-7-10(14(16)20)6-11(8-12)15(17)21/h3-8,18H,2,9H2,1H3,(H2,16,20)(H2,17,21). The molecule has 0 aliphatic heterocycles. The van der Waals surface area contributed by atoms with Crippen molar-refractivity contribution in [3.8, 4) is 0 Å². The fourth-order valence-electron chi connectivity index (χ4n) is 2.13. The summed E-state index contributed by atoms with van der Waals surface area (Å²) in [5, 5.41) is 3.18. The number of hydrogen-bond acceptors (Lipinski definition) is 3. The molecule has 0 saturated heterocycles. The maximum Gasteiger partial charge on any atom is 0.248 e. The van der Waals surface area contributed by atoms with E-state index in [9.17, 15) is 9.59 Å². The van der Waals surface area contributed by atoms with Crippen molar-refractivity contribution in [3.05, 3.63) is 53.3 Å². The van der Waals surface area contributed by atoms with Crippen LogP contribution in [0.2, 0.25) is 0 Å². The second-order valence-electron chi connectivity index (χ2n) is 4.67. The first kappa shape index (κ1) is 14.6. The van der Waals surface area contributed by atoms with E-state index in [1.807, 2.05) is 18.3 Å². The van der Waals surface area contributed by atoms with E-state index in [-0.39, 0.29) is 11.1 Å². The Morgan fingerprint density at radius 3 is 2.29 bits per heavy atom. The van der Waals surface area contributed by atoms with Gasteiger partial charge in [-0.15, -0.1) is 0 Å². The molecule has 0 atom stereocenters. The molecule has 1 aromatic heterocycles. The number of benzene rings is 1. The fraction of sp³-hybridized carbons (Fsp3) is 0.200. The molecule has 21 heavy (non-hydrogen) atoms. The molecule has 6 nitrogen and oxygen atoms in total. The zero-order valence-electron chi connectivity index (χ0n) is 11.8. The first-order valence-corrected chi connectivity index (χ1v) is 6.64. The first-order chi connectivity index (χ1) is 10.0. The van der Waals surface area contributed by atoms with Gasteiger partial charge in [0.25, 0.3) is 0 Å². The van der Waals surface area contributed by atoms with E-state index in [0.717, 1.165) is 12.2 Å². The van der Waals surface area contributed by atoms with Gasteiger partial charge in [0.1, 0.15) is 0 Å². The van der Waals surface area contributed by atoms with Gasteiger partial charge in [-0.05, 0) is 37.3 Å². The van der Waals surface area contributed by atoms with Gasteiger partial charge in [-0.25, -0.2) is 0 Å². The molecular formula is C15H18N4O2. The summed E-state index contributed by atoms with van der Waals surface area (Å²) in [4.78, 5) is 22.6. The number of aromatic nitrogens is 1. The van der Waals surface area contributed by atoms with Gasteiger partial charge < -0.3 is 21.4 Å². The Kier molecular flexibility index (Phi) is 4.27. The average Bonchev–Trinajstić information content (AvgIpc) is 2.92. The molecule has 6 heteroatoms. The molecule has 110 valence electrons. The highest BCUT2D eigenvalue weighted by molar-refractivity contribution is 5.99. The molecule has 0 radical (unpaired) electrons. The lowest BCUT2D eigenvalue weighted by atomic mass is 10.1. The van der Waals surface area contributed by atoms with Gasteiger partial charge in [0, 0.05) is 35.2 Å². The van der Waals surface area contributed by atoms with Crippen LogP contribution in [0.25, 0.3) is 0 Å². The molecular weight excluding hydrogens is 268 g/mol. The molecule has 2 aromatic rings. The third kappa shape index (κ3) is 3.42. The number of aryl methyl sites for hydroxylation is 1. The minimum Gasteiger partial charge on any atom is -0.379 e. The molecule has 0 bridgehead atoms. The monoisotopic (exact) mass is 286 g/mol. The van der Waals surface area contributed by atoms with E-state index in [1.54, 1.807) is 12.1 Å². The van der Waals surface area contributed by atoms with Crippen molar-refractivity contribution in [3.63, 3.8) is 0 Å². The van der Waals surface area contributed by atoms with E-state index in [1.165, 1.54) is 6.07 Å². The van der Waals surface area contributed by atoms with Crippen molar-refractivity contribution in [2.45, 2.75) is 20.0 Å². The highest BCUT2D eigenvalue weighted by atomic mass is 16.1. The molecule has 1 aromatic carbocycles. The minimum atomic E-state index is -0.599. The van der Waals surface area contributed by atoms with Crippen LogP contribution >= 0.6 is 0 Å². The number of nitrogens with two attached hydrogens (primary N) is 2. The number of carbonyl (C=O) groups is 2. The van der Waals surface area contributed by atoms with Crippen molar-refractivity contribution < 1.29 is 9.59 Å². The summed E-state index contributed by atoms with van der Waals surface area (Å²) in [5.74, 6) is -1.20. The van der Waals surface area contributed by atoms with Crippen LogP contribution in [0.3, 0.4) is 0 Å².